The van der Waals surface area contributed by atoms with Crippen molar-refractivity contribution in [1.82, 2.24) is 9.78 Å². The number of aromatic nitrogens is 2. The van der Waals surface area contributed by atoms with Crippen LogP contribution in [0.5, 0.6) is 0 Å². The smallest absolute Gasteiger partial charge is 0.304 e. The van der Waals surface area contributed by atoms with Gasteiger partial charge in [0.15, 0.2) is 0 Å². The standard InChI is InChI=1S/C12H12N4O3S/c1-15-12(10(7-13-15)16(18)19)14-11(17)8-20-9-5-3-2-4-6-9/h2-7H,8H2,1H3,(H,14,17). The van der Waals surface area contributed by atoms with Gasteiger partial charge in [0.2, 0.25) is 11.7 Å². The van der Waals surface area contributed by atoms with Crippen LogP contribution in [0.2, 0.25) is 0 Å². The number of nitrogens with one attached hydrogen (secondary N) is 1. The Hall–Kier alpha value is -2.35. The van der Waals surface area contributed by atoms with Crippen LogP contribution in [0.1, 0.15) is 0 Å². The Bertz CT molecular complexity index is 627. The highest BCUT2D eigenvalue weighted by molar-refractivity contribution is 8.00. The molecule has 1 heterocycles. The number of nitro groups is 1. The van der Waals surface area contributed by atoms with Crippen LogP contribution in [0.15, 0.2) is 41.4 Å². The highest BCUT2D eigenvalue weighted by atomic mass is 32.2. The first-order valence-corrected chi connectivity index (χ1v) is 6.70. The van der Waals surface area contributed by atoms with Gasteiger partial charge in [-0.05, 0) is 12.1 Å². The summed E-state index contributed by atoms with van der Waals surface area (Å²) in [6, 6.07) is 9.44. The van der Waals surface area contributed by atoms with Crippen molar-refractivity contribution >= 4 is 29.2 Å². The minimum absolute atomic E-state index is 0.0914. The van der Waals surface area contributed by atoms with E-state index in [2.05, 4.69) is 10.4 Å². The summed E-state index contributed by atoms with van der Waals surface area (Å²) in [5.41, 5.74) is -0.217. The summed E-state index contributed by atoms with van der Waals surface area (Å²) in [6.07, 6.45) is 1.11. The van der Waals surface area contributed by atoms with Gasteiger partial charge in [0.05, 0.1) is 10.7 Å². The molecule has 8 heteroatoms. The molecule has 0 bridgehead atoms. The molecule has 0 spiro atoms. The lowest BCUT2D eigenvalue weighted by Crippen LogP contribution is -2.17. The van der Waals surface area contributed by atoms with E-state index >= 15 is 0 Å². The van der Waals surface area contributed by atoms with Crippen LogP contribution in [0, 0.1) is 10.1 Å². The number of amides is 1. The molecule has 1 aromatic carbocycles. The van der Waals surface area contributed by atoms with Crippen molar-refractivity contribution in [3.8, 4) is 0 Å². The average Bonchev–Trinajstić information content (AvgIpc) is 2.79. The molecular weight excluding hydrogens is 280 g/mol. The fourth-order valence-electron chi connectivity index (χ4n) is 1.54. The first-order valence-electron chi connectivity index (χ1n) is 5.72. The molecule has 0 unspecified atom stereocenters. The van der Waals surface area contributed by atoms with Crippen molar-refractivity contribution in [2.24, 2.45) is 7.05 Å². The third-order valence-corrected chi connectivity index (χ3v) is 3.50. The number of hydrogen-bond donors (Lipinski definition) is 1. The maximum absolute atomic E-state index is 11.8. The molecule has 2 aromatic rings. The van der Waals surface area contributed by atoms with Gasteiger partial charge < -0.3 is 5.32 Å². The second-order valence-corrected chi connectivity index (χ2v) is 4.96. The molecule has 0 aliphatic rings. The molecule has 1 aromatic heterocycles. The zero-order chi connectivity index (χ0) is 14.5. The number of carbonyl (C=O) groups is 1. The summed E-state index contributed by atoms with van der Waals surface area (Å²) in [5.74, 6) is -0.0500. The lowest BCUT2D eigenvalue weighted by Gasteiger charge is -2.05. The Morgan fingerprint density at radius 1 is 1.45 bits per heavy atom. The minimum Gasteiger partial charge on any atom is -0.304 e. The van der Waals surface area contributed by atoms with Crippen LogP contribution in [0.25, 0.3) is 0 Å². The van der Waals surface area contributed by atoms with Crippen molar-refractivity contribution in [3.63, 3.8) is 0 Å². The summed E-state index contributed by atoms with van der Waals surface area (Å²) >= 11 is 1.36. The summed E-state index contributed by atoms with van der Waals surface area (Å²) in [6.45, 7) is 0. The van der Waals surface area contributed by atoms with E-state index in [0.717, 1.165) is 11.1 Å². The number of aryl methyl sites for hydroxylation is 1. The van der Waals surface area contributed by atoms with Gasteiger partial charge in [-0.1, -0.05) is 18.2 Å². The number of carbonyl (C=O) groups excluding carboxylic acids is 1. The van der Waals surface area contributed by atoms with Crippen LogP contribution >= 0.6 is 11.8 Å². The Morgan fingerprint density at radius 2 is 2.15 bits per heavy atom. The van der Waals surface area contributed by atoms with E-state index in [1.807, 2.05) is 30.3 Å². The molecule has 2 rings (SSSR count). The van der Waals surface area contributed by atoms with Crippen molar-refractivity contribution in [2.45, 2.75) is 4.90 Å². The molecule has 7 nitrogen and oxygen atoms in total. The Morgan fingerprint density at radius 3 is 2.80 bits per heavy atom. The maximum atomic E-state index is 11.8. The summed E-state index contributed by atoms with van der Waals surface area (Å²) in [7, 11) is 1.53. The number of hydrogen-bond acceptors (Lipinski definition) is 5. The highest BCUT2D eigenvalue weighted by Crippen LogP contribution is 2.23. The molecule has 1 amide bonds. The van der Waals surface area contributed by atoms with E-state index in [1.54, 1.807) is 0 Å². The monoisotopic (exact) mass is 292 g/mol. The van der Waals surface area contributed by atoms with Crippen molar-refractivity contribution in [1.29, 1.82) is 0 Å². The second-order valence-electron chi connectivity index (χ2n) is 3.91. The molecule has 1 N–H and O–H groups in total. The van der Waals surface area contributed by atoms with E-state index in [-0.39, 0.29) is 23.2 Å². The quantitative estimate of drug-likeness (QED) is 0.517. The Labute approximate surface area is 119 Å². The van der Waals surface area contributed by atoms with E-state index in [9.17, 15) is 14.9 Å². The first kappa shape index (κ1) is 14.1. The molecule has 104 valence electrons. The number of thioether (sulfide) groups is 1. The van der Waals surface area contributed by atoms with E-state index in [1.165, 1.54) is 23.5 Å². The highest BCUT2D eigenvalue weighted by Gasteiger charge is 2.20. The van der Waals surface area contributed by atoms with Crippen LogP contribution in [-0.4, -0.2) is 26.4 Å². The number of rotatable bonds is 5. The van der Waals surface area contributed by atoms with Crippen LogP contribution < -0.4 is 5.32 Å². The van der Waals surface area contributed by atoms with Gasteiger partial charge in [0.25, 0.3) is 0 Å². The topological polar surface area (TPSA) is 90.1 Å². The first-order chi connectivity index (χ1) is 9.58. The number of anilines is 1. The van der Waals surface area contributed by atoms with Gasteiger partial charge >= 0.3 is 5.69 Å². The lowest BCUT2D eigenvalue weighted by molar-refractivity contribution is -0.384. The minimum atomic E-state index is -0.576. The summed E-state index contributed by atoms with van der Waals surface area (Å²) in [4.78, 5) is 23.0. The van der Waals surface area contributed by atoms with E-state index in [4.69, 9.17) is 0 Å². The van der Waals surface area contributed by atoms with Gasteiger partial charge in [0.1, 0.15) is 6.20 Å². The molecule has 0 radical (unpaired) electrons. The van der Waals surface area contributed by atoms with Gasteiger partial charge in [-0.15, -0.1) is 11.8 Å². The lowest BCUT2D eigenvalue weighted by atomic mass is 10.4. The SMILES string of the molecule is Cn1ncc([N+](=O)[O-])c1NC(=O)CSc1ccccc1. The van der Waals surface area contributed by atoms with Gasteiger partial charge in [-0.25, -0.2) is 4.68 Å². The predicted octanol–water partition coefficient (Wildman–Crippen LogP) is 2.06. The average molecular weight is 292 g/mol. The van der Waals surface area contributed by atoms with Crippen LogP contribution in [0.4, 0.5) is 11.5 Å². The molecule has 0 saturated heterocycles. The summed E-state index contributed by atoms with van der Waals surface area (Å²) in [5, 5.41) is 17.1. The third kappa shape index (κ3) is 3.35. The molecule has 0 fully saturated rings. The zero-order valence-corrected chi connectivity index (χ0v) is 11.5. The van der Waals surface area contributed by atoms with Crippen LogP contribution in [0.3, 0.4) is 0 Å². The second kappa shape index (κ2) is 6.20. The van der Waals surface area contributed by atoms with E-state index < -0.39 is 4.92 Å². The predicted molar refractivity (Wildman–Crippen MR) is 75.7 cm³/mol. The maximum Gasteiger partial charge on any atom is 0.331 e. The molecule has 0 aliphatic carbocycles. The molecule has 0 aliphatic heterocycles. The van der Waals surface area contributed by atoms with Gasteiger partial charge in [-0.2, -0.15) is 5.10 Å². The molecular formula is C12H12N4O3S. The normalized spacial score (nSPS) is 10.2. The Balaban J connectivity index is 1.98. The molecule has 20 heavy (non-hydrogen) atoms. The largest absolute Gasteiger partial charge is 0.331 e. The van der Waals surface area contributed by atoms with Gasteiger partial charge in [0, 0.05) is 11.9 Å². The van der Waals surface area contributed by atoms with Crippen molar-refractivity contribution in [2.75, 3.05) is 11.1 Å². The molecule has 0 atom stereocenters. The third-order valence-electron chi connectivity index (χ3n) is 2.49. The van der Waals surface area contributed by atoms with Gasteiger partial charge in [-0.3, -0.25) is 14.9 Å². The fraction of sp³-hybridized carbons (Fsp3) is 0.167. The van der Waals surface area contributed by atoms with Crippen molar-refractivity contribution in [3.05, 3.63) is 46.6 Å². The summed E-state index contributed by atoms with van der Waals surface area (Å²) < 4.78 is 1.27. The zero-order valence-electron chi connectivity index (χ0n) is 10.6. The fourth-order valence-corrected chi connectivity index (χ4v) is 2.26. The van der Waals surface area contributed by atoms with Crippen molar-refractivity contribution < 1.29 is 9.72 Å². The number of nitrogens with zero attached hydrogens (tertiary/aromatic N) is 3. The van der Waals surface area contributed by atoms with E-state index in [0.29, 0.717) is 0 Å². The van der Waals surface area contributed by atoms with Crippen LogP contribution in [-0.2, 0) is 11.8 Å². The molecule has 0 saturated carbocycles. The number of benzene rings is 1. The Kier molecular flexibility index (Phi) is 4.36.